The molecule has 0 saturated heterocycles. The van der Waals surface area contributed by atoms with Gasteiger partial charge in [0.05, 0.1) is 5.69 Å². The van der Waals surface area contributed by atoms with Crippen molar-refractivity contribution in [2.24, 2.45) is 12.8 Å². The third-order valence-electron chi connectivity index (χ3n) is 1.90. The predicted octanol–water partition coefficient (Wildman–Crippen LogP) is 0.817. The van der Waals surface area contributed by atoms with Crippen LogP contribution < -0.4 is 5.73 Å². The van der Waals surface area contributed by atoms with Crippen LogP contribution >= 0.6 is 0 Å². The molecule has 0 aliphatic heterocycles. The molecule has 4 heteroatoms. The van der Waals surface area contributed by atoms with Crippen molar-refractivity contribution in [2.75, 3.05) is 0 Å². The Morgan fingerprint density at radius 3 is 2.31 bits per heavy atom. The predicted molar refractivity (Wildman–Crippen MR) is 50.4 cm³/mol. The minimum absolute atomic E-state index is 0.0501. The molecule has 72 valence electrons. The number of hydrogen-bond donors (Lipinski definition) is 1. The Morgan fingerprint density at radius 2 is 2.08 bits per heavy atom. The van der Waals surface area contributed by atoms with Crippen molar-refractivity contribution < 1.29 is 4.79 Å². The Bertz CT molecular complexity index is 333. The molecule has 1 heterocycles. The quantitative estimate of drug-likeness (QED) is 0.697. The second kappa shape index (κ2) is 2.87. The van der Waals surface area contributed by atoms with E-state index in [0.29, 0.717) is 5.69 Å². The highest BCUT2D eigenvalue weighted by Crippen LogP contribution is 2.20. The normalized spacial score (nSPS) is 11.7. The van der Waals surface area contributed by atoms with Crippen LogP contribution in [-0.2, 0) is 12.5 Å². The standard InChI is InChI=1S/C9H15N3O/c1-9(2,3)7-5-6(8(10)13)12(4)11-7/h5H,1-4H3,(H2,10,13). The van der Waals surface area contributed by atoms with Crippen molar-refractivity contribution in [1.29, 1.82) is 0 Å². The molecule has 0 spiro atoms. The molecule has 1 aromatic heterocycles. The topological polar surface area (TPSA) is 60.9 Å². The summed E-state index contributed by atoms with van der Waals surface area (Å²) < 4.78 is 1.52. The summed E-state index contributed by atoms with van der Waals surface area (Å²) in [7, 11) is 1.72. The summed E-state index contributed by atoms with van der Waals surface area (Å²) in [6.07, 6.45) is 0. The summed E-state index contributed by atoms with van der Waals surface area (Å²) in [5.41, 5.74) is 6.45. The lowest BCUT2D eigenvalue weighted by Crippen LogP contribution is -2.15. The van der Waals surface area contributed by atoms with Crippen molar-refractivity contribution >= 4 is 5.91 Å². The van der Waals surface area contributed by atoms with Gasteiger partial charge in [0, 0.05) is 12.5 Å². The second-order valence-electron chi connectivity index (χ2n) is 4.15. The molecule has 0 atom stereocenters. The van der Waals surface area contributed by atoms with Gasteiger partial charge in [-0.25, -0.2) is 0 Å². The zero-order chi connectivity index (χ0) is 10.2. The lowest BCUT2D eigenvalue weighted by atomic mass is 9.92. The molecule has 0 aliphatic rings. The summed E-state index contributed by atoms with van der Waals surface area (Å²) in [6.45, 7) is 6.13. The molecular formula is C9H15N3O. The van der Waals surface area contributed by atoms with E-state index in [-0.39, 0.29) is 5.41 Å². The molecule has 0 saturated carbocycles. The van der Waals surface area contributed by atoms with Crippen LogP contribution in [0.2, 0.25) is 0 Å². The lowest BCUT2D eigenvalue weighted by molar-refractivity contribution is 0.0991. The monoisotopic (exact) mass is 181 g/mol. The van der Waals surface area contributed by atoms with E-state index in [1.165, 1.54) is 4.68 Å². The van der Waals surface area contributed by atoms with Crippen LogP contribution in [0.5, 0.6) is 0 Å². The number of carbonyl (C=O) groups is 1. The number of aromatic nitrogens is 2. The largest absolute Gasteiger partial charge is 0.364 e. The van der Waals surface area contributed by atoms with E-state index in [4.69, 9.17) is 5.73 Å². The lowest BCUT2D eigenvalue weighted by Gasteiger charge is -2.13. The Kier molecular flexibility index (Phi) is 2.15. The minimum Gasteiger partial charge on any atom is -0.364 e. The van der Waals surface area contributed by atoms with Crippen LogP contribution in [0.1, 0.15) is 37.0 Å². The van der Waals surface area contributed by atoms with E-state index in [0.717, 1.165) is 5.69 Å². The molecule has 1 amide bonds. The first-order chi connectivity index (χ1) is 5.82. The maximum absolute atomic E-state index is 10.9. The van der Waals surface area contributed by atoms with Crippen LogP contribution in [0.3, 0.4) is 0 Å². The summed E-state index contributed by atoms with van der Waals surface area (Å²) in [4.78, 5) is 10.9. The van der Waals surface area contributed by atoms with Gasteiger partial charge in [-0.15, -0.1) is 0 Å². The molecule has 2 N–H and O–H groups in total. The van der Waals surface area contributed by atoms with Gasteiger partial charge in [-0.05, 0) is 6.07 Å². The minimum atomic E-state index is -0.439. The van der Waals surface area contributed by atoms with Crippen molar-refractivity contribution in [2.45, 2.75) is 26.2 Å². The third kappa shape index (κ3) is 1.88. The van der Waals surface area contributed by atoms with Gasteiger partial charge in [-0.2, -0.15) is 5.10 Å². The van der Waals surface area contributed by atoms with Crippen LogP contribution in [-0.4, -0.2) is 15.7 Å². The number of aryl methyl sites for hydroxylation is 1. The SMILES string of the molecule is Cn1nc(C(C)(C)C)cc1C(N)=O. The summed E-state index contributed by atoms with van der Waals surface area (Å²) in [6, 6.07) is 1.74. The van der Waals surface area contributed by atoms with Gasteiger partial charge >= 0.3 is 0 Å². The van der Waals surface area contributed by atoms with Gasteiger partial charge in [0.15, 0.2) is 0 Å². The van der Waals surface area contributed by atoms with E-state index in [2.05, 4.69) is 5.10 Å². The highest BCUT2D eigenvalue weighted by atomic mass is 16.1. The van der Waals surface area contributed by atoms with E-state index < -0.39 is 5.91 Å². The Hall–Kier alpha value is -1.32. The van der Waals surface area contributed by atoms with E-state index in [1.54, 1.807) is 13.1 Å². The summed E-state index contributed by atoms with van der Waals surface area (Å²) >= 11 is 0. The molecule has 0 unspecified atom stereocenters. The molecular weight excluding hydrogens is 166 g/mol. The Balaban J connectivity index is 3.17. The van der Waals surface area contributed by atoms with Crippen LogP contribution in [0, 0.1) is 0 Å². The van der Waals surface area contributed by atoms with Gasteiger partial charge in [-0.3, -0.25) is 9.48 Å². The molecule has 13 heavy (non-hydrogen) atoms. The fourth-order valence-electron chi connectivity index (χ4n) is 1.06. The van der Waals surface area contributed by atoms with Gasteiger partial charge in [0.2, 0.25) is 0 Å². The molecule has 4 nitrogen and oxygen atoms in total. The Labute approximate surface area is 77.7 Å². The number of carbonyl (C=O) groups excluding carboxylic acids is 1. The molecule has 1 rings (SSSR count). The highest BCUT2D eigenvalue weighted by molar-refractivity contribution is 5.91. The highest BCUT2D eigenvalue weighted by Gasteiger charge is 2.20. The van der Waals surface area contributed by atoms with Gasteiger partial charge in [0.25, 0.3) is 5.91 Å². The fourth-order valence-corrected chi connectivity index (χ4v) is 1.06. The summed E-state index contributed by atoms with van der Waals surface area (Å²) in [5.74, 6) is -0.439. The first kappa shape index (κ1) is 9.77. The smallest absolute Gasteiger partial charge is 0.266 e. The molecule has 0 aromatic carbocycles. The van der Waals surface area contributed by atoms with Crippen molar-refractivity contribution in [3.05, 3.63) is 17.5 Å². The van der Waals surface area contributed by atoms with Crippen molar-refractivity contribution in [3.63, 3.8) is 0 Å². The molecule has 0 aliphatic carbocycles. The second-order valence-corrected chi connectivity index (χ2v) is 4.15. The van der Waals surface area contributed by atoms with Crippen LogP contribution in [0.25, 0.3) is 0 Å². The molecule has 0 fully saturated rings. The average Bonchev–Trinajstić information content (AvgIpc) is 2.29. The molecule has 0 bridgehead atoms. The number of amides is 1. The van der Waals surface area contributed by atoms with Crippen LogP contribution in [0.15, 0.2) is 6.07 Å². The maximum Gasteiger partial charge on any atom is 0.266 e. The van der Waals surface area contributed by atoms with Gasteiger partial charge in [0.1, 0.15) is 5.69 Å². The van der Waals surface area contributed by atoms with Crippen molar-refractivity contribution in [1.82, 2.24) is 9.78 Å². The van der Waals surface area contributed by atoms with E-state index >= 15 is 0 Å². The molecule has 1 aromatic rings. The average molecular weight is 181 g/mol. The number of rotatable bonds is 1. The number of primary amides is 1. The van der Waals surface area contributed by atoms with E-state index in [9.17, 15) is 4.79 Å². The first-order valence-corrected chi connectivity index (χ1v) is 4.16. The number of hydrogen-bond acceptors (Lipinski definition) is 2. The maximum atomic E-state index is 10.9. The molecule has 0 radical (unpaired) electrons. The fraction of sp³-hybridized carbons (Fsp3) is 0.556. The van der Waals surface area contributed by atoms with Crippen molar-refractivity contribution in [3.8, 4) is 0 Å². The first-order valence-electron chi connectivity index (χ1n) is 4.16. The number of nitrogens with two attached hydrogens (primary N) is 1. The van der Waals surface area contributed by atoms with Crippen LogP contribution in [0.4, 0.5) is 0 Å². The Morgan fingerprint density at radius 1 is 1.54 bits per heavy atom. The summed E-state index contributed by atoms with van der Waals surface area (Å²) in [5, 5.41) is 4.22. The third-order valence-corrected chi connectivity index (χ3v) is 1.90. The zero-order valence-corrected chi connectivity index (χ0v) is 8.46. The van der Waals surface area contributed by atoms with Gasteiger partial charge < -0.3 is 5.73 Å². The van der Waals surface area contributed by atoms with E-state index in [1.807, 2.05) is 20.8 Å². The van der Waals surface area contributed by atoms with Gasteiger partial charge in [-0.1, -0.05) is 20.8 Å². The zero-order valence-electron chi connectivity index (χ0n) is 8.46. The number of nitrogens with zero attached hydrogens (tertiary/aromatic N) is 2.